The SMILES string of the molecule is C=CCN(c1ccccc1O)S(=O)(=O)c1ccccc1. The lowest BCUT2D eigenvalue weighted by Gasteiger charge is -2.23. The second-order valence-electron chi connectivity index (χ2n) is 4.13. The van der Waals surface area contributed by atoms with Crippen LogP contribution in [0.2, 0.25) is 0 Å². The van der Waals surface area contributed by atoms with Crippen LogP contribution in [0.3, 0.4) is 0 Å². The Hall–Kier alpha value is -2.27. The molecule has 0 bridgehead atoms. The van der Waals surface area contributed by atoms with Crippen molar-refractivity contribution in [3.8, 4) is 5.75 Å². The van der Waals surface area contributed by atoms with Crippen LogP contribution in [0.1, 0.15) is 0 Å². The molecule has 0 fully saturated rings. The molecule has 0 aromatic heterocycles. The Morgan fingerprint density at radius 3 is 2.25 bits per heavy atom. The molecule has 0 saturated carbocycles. The van der Waals surface area contributed by atoms with Crippen LogP contribution in [0, 0.1) is 0 Å². The number of hydrogen-bond acceptors (Lipinski definition) is 3. The third kappa shape index (κ3) is 2.67. The van der Waals surface area contributed by atoms with Gasteiger partial charge in [0.2, 0.25) is 0 Å². The molecule has 0 spiro atoms. The summed E-state index contributed by atoms with van der Waals surface area (Å²) in [6.45, 7) is 3.65. The average molecular weight is 289 g/mol. The van der Waals surface area contributed by atoms with Gasteiger partial charge in [0.05, 0.1) is 17.1 Å². The number of benzene rings is 2. The summed E-state index contributed by atoms with van der Waals surface area (Å²) in [5.74, 6) is -0.0890. The maximum absolute atomic E-state index is 12.6. The van der Waals surface area contributed by atoms with Crippen LogP contribution in [0.5, 0.6) is 5.75 Å². The van der Waals surface area contributed by atoms with Crippen LogP contribution < -0.4 is 4.31 Å². The van der Waals surface area contributed by atoms with Gasteiger partial charge in [0.25, 0.3) is 10.0 Å². The van der Waals surface area contributed by atoms with E-state index < -0.39 is 10.0 Å². The molecule has 0 heterocycles. The summed E-state index contributed by atoms with van der Waals surface area (Å²) < 4.78 is 26.4. The van der Waals surface area contributed by atoms with E-state index in [4.69, 9.17) is 0 Å². The van der Waals surface area contributed by atoms with Gasteiger partial charge in [0.15, 0.2) is 0 Å². The van der Waals surface area contributed by atoms with Gasteiger partial charge in [0, 0.05) is 0 Å². The average Bonchev–Trinajstić information content (AvgIpc) is 2.46. The predicted octanol–water partition coefficient (Wildman–Crippen LogP) is 2.77. The van der Waals surface area contributed by atoms with E-state index in [0.717, 1.165) is 4.31 Å². The van der Waals surface area contributed by atoms with Crippen LogP contribution in [0.4, 0.5) is 5.69 Å². The maximum atomic E-state index is 12.6. The highest BCUT2D eigenvalue weighted by atomic mass is 32.2. The number of anilines is 1. The van der Waals surface area contributed by atoms with Gasteiger partial charge in [-0.3, -0.25) is 4.31 Å². The van der Waals surface area contributed by atoms with Crippen molar-refractivity contribution in [1.29, 1.82) is 0 Å². The first-order chi connectivity index (χ1) is 9.57. The topological polar surface area (TPSA) is 57.6 Å². The Kier molecular flexibility index (Phi) is 4.10. The predicted molar refractivity (Wildman–Crippen MR) is 79.3 cm³/mol. The minimum absolute atomic E-state index is 0.0782. The smallest absolute Gasteiger partial charge is 0.264 e. The highest BCUT2D eigenvalue weighted by Crippen LogP contribution is 2.31. The van der Waals surface area contributed by atoms with Crippen LogP contribution in [-0.2, 0) is 10.0 Å². The van der Waals surface area contributed by atoms with Gasteiger partial charge in [0.1, 0.15) is 5.75 Å². The van der Waals surface area contributed by atoms with Gasteiger partial charge in [-0.05, 0) is 24.3 Å². The van der Waals surface area contributed by atoms with Crippen molar-refractivity contribution in [3.63, 3.8) is 0 Å². The van der Waals surface area contributed by atoms with Crippen LogP contribution in [-0.4, -0.2) is 20.1 Å². The van der Waals surface area contributed by atoms with Crippen LogP contribution in [0.15, 0.2) is 72.1 Å². The quantitative estimate of drug-likeness (QED) is 0.861. The van der Waals surface area contributed by atoms with Gasteiger partial charge >= 0.3 is 0 Å². The van der Waals surface area contributed by atoms with Crippen molar-refractivity contribution in [2.45, 2.75) is 4.90 Å². The molecular weight excluding hydrogens is 274 g/mol. The highest BCUT2D eigenvalue weighted by Gasteiger charge is 2.25. The summed E-state index contributed by atoms with van der Waals surface area (Å²) in [6, 6.07) is 14.4. The fourth-order valence-electron chi connectivity index (χ4n) is 1.84. The molecule has 2 aromatic rings. The maximum Gasteiger partial charge on any atom is 0.264 e. The summed E-state index contributed by atoms with van der Waals surface area (Å²) in [5.41, 5.74) is 0.233. The fraction of sp³-hybridized carbons (Fsp3) is 0.0667. The molecule has 1 N–H and O–H groups in total. The Morgan fingerprint density at radius 1 is 1.05 bits per heavy atom. The van der Waals surface area contributed by atoms with E-state index in [9.17, 15) is 13.5 Å². The number of hydrogen-bond donors (Lipinski definition) is 1. The van der Waals surface area contributed by atoms with E-state index in [1.54, 1.807) is 36.4 Å². The number of phenols is 1. The minimum atomic E-state index is -3.74. The second-order valence-corrected chi connectivity index (χ2v) is 5.99. The Labute approximate surface area is 118 Å². The monoisotopic (exact) mass is 289 g/mol. The molecule has 2 rings (SSSR count). The summed E-state index contributed by atoms with van der Waals surface area (Å²) in [6.07, 6.45) is 1.48. The molecule has 20 heavy (non-hydrogen) atoms. The van der Waals surface area contributed by atoms with Crippen molar-refractivity contribution in [2.75, 3.05) is 10.8 Å². The molecule has 0 atom stereocenters. The van der Waals surface area contributed by atoms with Crippen LogP contribution in [0.25, 0.3) is 0 Å². The molecule has 0 unspecified atom stereocenters. The number of nitrogens with zero attached hydrogens (tertiary/aromatic N) is 1. The lowest BCUT2D eigenvalue weighted by atomic mass is 10.3. The first-order valence-electron chi connectivity index (χ1n) is 6.04. The van der Waals surface area contributed by atoms with E-state index in [-0.39, 0.29) is 22.9 Å². The molecule has 0 saturated heterocycles. The molecule has 0 radical (unpaired) electrons. The molecule has 5 heteroatoms. The number of sulfonamides is 1. The van der Waals surface area contributed by atoms with Gasteiger partial charge < -0.3 is 5.11 Å². The third-order valence-electron chi connectivity index (χ3n) is 2.78. The van der Waals surface area contributed by atoms with Crippen molar-refractivity contribution in [1.82, 2.24) is 0 Å². The Bertz CT molecular complexity index is 696. The summed E-state index contributed by atoms with van der Waals surface area (Å²) in [7, 11) is -3.74. The second kappa shape index (κ2) is 5.79. The molecular formula is C15H15NO3S. The Balaban J connectivity index is 2.55. The zero-order chi connectivity index (χ0) is 14.6. The summed E-state index contributed by atoms with van der Waals surface area (Å²) >= 11 is 0. The van der Waals surface area contributed by atoms with Gasteiger partial charge in [-0.25, -0.2) is 8.42 Å². The minimum Gasteiger partial charge on any atom is -0.506 e. The molecule has 0 aliphatic carbocycles. The van der Waals surface area contributed by atoms with Gasteiger partial charge in [-0.15, -0.1) is 6.58 Å². The van der Waals surface area contributed by atoms with E-state index in [0.29, 0.717) is 0 Å². The standard InChI is InChI=1S/C15H15NO3S/c1-2-12-16(14-10-6-7-11-15(14)17)20(18,19)13-8-4-3-5-9-13/h2-11,17H,1,12H2. The summed E-state index contributed by atoms with van der Waals surface area (Å²) in [4.78, 5) is 0.171. The zero-order valence-corrected chi connectivity index (χ0v) is 11.6. The lowest BCUT2D eigenvalue weighted by Crippen LogP contribution is -2.31. The van der Waals surface area contributed by atoms with Crippen LogP contribution >= 0.6 is 0 Å². The first-order valence-corrected chi connectivity index (χ1v) is 7.48. The van der Waals surface area contributed by atoms with E-state index in [1.807, 2.05) is 0 Å². The number of rotatable bonds is 5. The van der Waals surface area contributed by atoms with E-state index in [2.05, 4.69) is 6.58 Å². The summed E-state index contributed by atoms with van der Waals surface area (Å²) in [5, 5.41) is 9.88. The van der Waals surface area contributed by atoms with E-state index >= 15 is 0 Å². The highest BCUT2D eigenvalue weighted by molar-refractivity contribution is 7.92. The molecule has 0 aliphatic heterocycles. The molecule has 2 aromatic carbocycles. The normalized spacial score (nSPS) is 11.0. The third-order valence-corrected chi connectivity index (χ3v) is 4.57. The lowest BCUT2D eigenvalue weighted by molar-refractivity contribution is 0.475. The number of para-hydroxylation sites is 2. The molecule has 104 valence electrons. The number of phenolic OH excluding ortho intramolecular Hbond substituents is 1. The van der Waals surface area contributed by atoms with Crippen molar-refractivity contribution in [3.05, 3.63) is 67.3 Å². The fourth-order valence-corrected chi connectivity index (χ4v) is 3.31. The van der Waals surface area contributed by atoms with Gasteiger partial charge in [-0.2, -0.15) is 0 Å². The van der Waals surface area contributed by atoms with Crippen molar-refractivity contribution < 1.29 is 13.5 Å². The molecule has 4 nitrogen and oxygen atoms in total. The van der Waals surface area contributed by atoms with E-state index in [1.165, 1.54) is 24.3 Å². The Morgan fingerprint density at radius 2 is 1.65 bits per heavy atom. The number of aromatic hydroxyl groups is 1. The van der Waals surface area contributed by atoms with Crippen molar-refractivity contribution in [2.24, 2.45) is 0 Å². The zero-order valence-electron chi connectivity index (χ0n) is 10.8. The van der Waals surface area contributed by atoms with Crippen molar-refractivity contribution >= 4 is 15.7 Å². The first kappa shape index (κ1) is 14.1. The van der Waals surface area contributed by atoms with Gasteiger partial charge in [-0.1, -0.05) is 36.4 Å². The molecule has 0 aliphatic rings. The largest absolute Gasteiger partial charge is 0.506 e. The molecule has 0 amide bonds.